The van der Waals surface area contributed by atoms with Crippen LogP contribution in [-0.4, -0.2) is 32.4 Å². The fraction of sp³-hybridized carbons (Fsp3) is 0.579. The molecule has 1 amide bonds. The van der Waals surface area contributed by atoms with E-state index in [2.05, 4.69) is 12.2 Å². The molecule has 0 radical (unpaired) electrons. The van der Waals surface area contributed by atoms with Crippen molar-refractivity contribution < 1.29 is 9.90 Å². The van der Waals surface area contributed by atoms with E-state index in [0.717, 1.165) is 37.6 Å². The second kappa shape index (κ2) is 7.87. The van der Waals surface area contributed by atoms with Crippen molar-refractivity contribution in [2.75, 3.05) is 0 Å². The minimum Gasteiger partial charge on any atom is -0.393 e. The molecule has 0 aliphatic heterocycles. The molecule has 6 heteroatoms. The van der Waals surface area contributed by atoms with Crippen LogP contribution in [0.15, 0.2) is 29.1 Å². The van der Waals surface area contributed by atoms with Crippen LogP contribution in [0.25, 0.3) is 11.0 Å². The number of para-hydroxylation sites is 2. The van der Waals surface area contributed by atoms with Crippen LogP contribution in [-0.2, 0) is 6.54 Å². The SMILES string of the molecule is CCCCCn1c(=O)n(C(=O)NC2CCC(O)CC2)c2ccccc21. The van der Waals surface area contributed by atoms with E-state index in [0.29, 0.717) is 24.9 Å². The second-order valence-corrected chi connectivity index (χ2v) is 6.92. The minimum atomic E-state index is -0.364. The number of amides is 1. The average Bonchev–Trinajstić information content (AvgIpc) is 2.89. The van der Waals surface area contributed by atoms with Crippen molar-refractivity contribution >= 4 is 17.1 Å². The zero-order chi connectivity index (χ0) is 17.8. The van der Waals surface area contributed by atoms with Crippen LogP contribution < -0.4 is 11.0 Å². The third-order valence-electron chi connectivity index (χ3n) is 5.05. The molecule has 25 heavy (non-hydrogen) atoms. The fourth-order valence-corrected chi connectivity index (χ4v) is 3.60. The van der Waals surface area contributed by atoms with Gasteiger partial charge in [-0.3, -0.25) is 4.57 Å². The third-order valence-corrected chi connectivity index (χ3v) is 5.05. The van der Waals surface area contributed by atoms with Gasteiger partial charge in [-0.1, -0.05) is 31.9 Å². The molecule has 136 valence electrons. The number of benzene rings is 1. The molecule has 0 spiro atoms. The summed E-state index contributed by atoms with van der Waals surface area (Å²) < 4.78 is 2.96. The highest BCUT2D eigenvalue weighted by Crippen LogP contribution is 2.19. The topological polar surface area (TPSA) is 76.3 Å². The van der Waals surface area contributed by atoms with Crippen molar-refractivity contribution in [2.45, 2.75) is 70.6 Å². The summed E-state index contributed by atoms with van der Waals surface area (Å²) in [5, 5.41) is 12.6. The highest BCUT2D eigenvalue weighted by molar-refractivity contribution is 5.89. The number of hydrogen-bond acceptors (Lipinski definition) is 3. The Balaban J connectivity index is 1.86. The minimum absolute atomic E-state index is 0.0185. The number of imidazole rings is 1. The first-order valence-corrected chi connectivity index (χ1v) is 9.31. The Kier molecular flexibility index (Phi) is 5.58. The van der Waals surface area contributed by atoms with E-state index in [4.69, 9.17) is 0 Å². The van der Waals surface area contributed by atoms with E-state index in [9.17, 15) is 14.7 Å². The molecule has 1 aliphatic rings. The van der Waals surface area contributed by atoms with Gasteiger partial charge in [-0.15, -0.1) is 0 Å². The van der Waals surface area contributed by atoms with Crippen molar-refractivity contribution in [2.24, 2.45) is 0 Å². The third kappa shape index (κ3) is 3.79. The molecule has 1 saturated carbocycles. The van der Waals surface area contributed by atoms with Gasteiger partial charge in [0, 0.05) is 12.6 Å². The van der Waals surface area contributed by atoms with Gasteiger partial charge >= 0.3 is 11.7 Å². The Morgan fingerprint density at radius 3 is 2.52 bits per heavy atom. The summed E-state index contributed by atoms with van der Waals surface area (Å²) in [6.45, 7) is 2.75. The van der Waals surface area contributed by atoms with E-state index < -0.39 is 0 Å². The predicted octanol–water partition coefficient (Wildman–Crippen LogP) is 2.85. The molecule has 1 aromatic carbocycles. The Hall–Kier alpha value is -2.08. The maximum atomic E-state index is 12.8. The lowest BCUT2D eigenvalue weighted by Crippen LogP contribution is -2.44. The number of hydrogen-bond donors (Lipinski definition) is 2. The van der Waals surface area contributed by atoms with Crippen molar-refractivity contribution in [1.82, 2.24) is 14.5 Å². The lowest BCUT2D eigenvalue weighted by atomic mass is 9.93. The van der Waals surface area contributed by atoms with Crippen LogP contribution in [0.3, 0.4) is 0 Å². The summed E-state index contributed by atoms with van der Waals surface area (Å²) in [4.78, 5) is 25.6. The second-order valence-electron chi connectivity index (χ2n) is 6.92. The van der Waals surface area contributed by atoms with Gasteiger partial charge in [-0.25, -0.2) is 14.2 Å². The maximum Gasteiger partial charge on any atom is 0.337 e. The molecule has 1 fully saturated rings. The number of fused-ring (bicyclic) bond motifs is 1. The van der Waals surface area contributed by atoms with Gasteiger partial charge in [-0.2, -0.15) is 0 Å². The zero-order valence-corrected chi connectivity index (χ0v) is 14.8. The monoisotopic (exact) mass is 345 g/mol. The number of carbonyl (C=O) groups excluding carboxylic acids is 1. The zero-order valence-electron chi connectivity index (χ0n) is 14.8. The van der Waals surface area contributed by atoms with Gasteiger partial charge in [0.25, 0.3) is 0 Å². The number of rotatable bonds is 5. The van der Waals surface area contributed by atoms with Crippen molar-refractivity contribution in [3.63, 3.8) is 0 Å². The normalized spacial score (nSPS) is 20.7. The van der Waals surface area contributed by atoms with Crippen LogP contribution in [0.4, 0.5) is 4.79 Å². The standard InChI is InChI=1S/C19H27N3O3/c1-2-3-6-13-21-16-7-4-5-8-17(16)22(19(21)25)18(24)20-14-9-11-15(23)12-10-14/h4-5,7-8,14-15,23H,2-3,6,9-13H2,1H3,(H,20,24). The summed E-state index contributed by atoms with van der Waals surface area (Å²) in [6.07, 6.45) is 5.68. The Bertz CT molecular complexity index is 785. The van der Waals surface area contributed by atoms with Crippen LogP contribution >= 0.6 is 0 Å². The first-order chi connectivity index (χ1) is 12.1. The van der Waals surface area contributed by atoms with Gasteiger partial charge < -0.3 is 10.4 Å². The summed E-state index contributed by atoms with van der Waals surface area (Å²) in [5.41, 5.74) is 1.18. The molecular weight excluding hydrogens is 318 g/mol. The van der Waals surface area contributed by atoms with Crippen LogP contribution in [0.5, 0.6) is 0 Å². The number of unbranched alkanes of at least 4 members (excludes halogenated alkanes) is 2. The Labute approximate surface area is 147 Å². The van der Waals surface area contributed by atoms with Gasteiger partial charge in [0.2, 0.25) is 0 Å². The van der Waals surface area contributed by atoms with E-state index in [-0.39, 0.29) is 23.9 Å². The maximum absolute atomic E-state index is 12.8. The summed E-state index contributed by atoms with van der Waals surface area (Å²) in [5.74, 6) is 0. The molecule has 2 N–H and O–H groups in total. The number of aliphatic hydroxyl groups is 1. The largest absolute Gasteiger partial charge is 0.393 e. The highest BCUT2D eigenvalue weighted by atomic mass is 16.3. The quantitative estimate of drug-likeness (QED) is 0.818. The average molecular weight is 345 g/mol. The number of aromatic nitrogens is 2. The molecule has 2 aromatic rings. The van der Waals surface area contributed by atoms with Crippen LogP contribution in [0, 0.1) is 0 Å². The van der Waals surface area contributed by atoms with Gasteiger partial charge in [-0.05, 0) is 44.2 Å². The van der Waals surface area contributed by atoms with Gasteiger partial charge in [0.05, 0.1) is 17.1 Å². The number of aliphatic hydroxyl groups excluding tert-OH is 1. The van der Waals surface area contributed by atoms with Crippen LogP contribution in [0.1, 0.15) is 51.9 Å². The van der Waals surface area contributed by atoms with Crippen molar-refractivity contribution in [3.8, 4) is 0 Å². The van der Waals surface area contributed by atoms with Crippen molar-refractivity contribution in [3.05, 3.63) is 34.7 Å². The van der Waals surface area contributed by atoms with E-state index in [1.807, 2.05) is 24.3 Å². The van der Waals surface area contributed by atoms with Crippen LogP contribution in [0.2, 0.25) is 0 Å². The molecule has 1 aliphatic carbocycles. The lowest BCUT2D eigenvalue weighted by molar-refractivity contribution is 0.118. The summed E-state index contributed by atoms with van der Waals surface area (Å²) in [7, 11) is 0. The summed E-state index contributed by atoms with van der Waals surface area (Å²) >= 11 is 0. The molecule has 1 aromatic heterocycles. The predicted molar refractivity (Wildman–Crippen MR) is 97.9 cm³/mol. The molecular formula is C19H27N3O3. The lowest BCUT2D eigenvalue weighted by Gasteiger charge is -2.26. The fourth-order valence-electron chi connectivity index (χ4n) is 3.60. The first kappa shape index (κ1) is 17.7. The van der Waals surface area contributed by atoms with E-state index in [1.165, 1.54) is 4.57 Å². The highest BCUT2D eigenvalue weighted by Gasteiger charge is 2.24. The first-order valence-electron chi connectivity index (χ1n) is 9.31. The van der Waals surface area contributed by atoms with Gasteiger partial charge in [0.1, 0.15) is 0 Å². The van der Waals surface area contributed by atoms with E-state index in [1.54, 1.807) is 4.57 Å². The number of carbonyl (C=O) groups is 1. The molecule has 6 nitrogen and oxygen atoms in total. The number of aryl methyl sites for hydroxylation is 1. The smallest absolute Gasteiger partial charge is 0.337 e. The van der Waals surface area contributed by atoms with Crippen molar-refractivity contribution in [1.29, 1.82) is 0 Å². The Morgan fingerprint density at radius 1 is 1.16 bits per heavy atom. The molecule has 0 atom stereocenters. The molecule has 0 bridgehead atoms. The molecule has 3 rings (SSSR count). The Morgan fingerprint density at radius 2 is 1.84 bits per heavy atom. The van der Waals surface area contributed by atoms with Gasteiger partial charge in [0.15, 0.2) is 0 Å². The summed E-state index contributed by atoms with van der Waals surface area (Å²) in [6, 6.07) is 7.10. The number of nitrogens with one attached hydrogen (secondary N) is 1. The number of nitrogens with zero attached hydrogens (tertiary/aromatic N) is 2. The van der Waals surface area contributed by atoms with E-state index >= 15 is 0 Å². The molecule has 1 heterocycles. The molecule has 0 unspecified atom stereocenters. The molecule has 0 saturated heterocycles.